The Hall–Kier alpha value is -3.35. The number of nitrogens with one attached hydrogen (secondary N) is 1. The molecular weight excluding hydrogens is 360 g/mol. The number of hydrogen-bond acceptors (Lipinski definition) is 5. The predicted molar refractivity (Wildman–Crippen MR) is 106 cm³/mol. The van der Waals surface area contributed by atoms with Gasteiger partial charge in [-0.3, -0.25) is 14.4 Å². The molecule has 0 spiro atoms. The van der Waals surface area contributed by atoms with E-state index in [0.29, 0.717) is 22.7 Å². The maximum absolute atomic E-state index is 12.3. The van der Waals surface area contributed by atoms with Crippen LogP contribution in [0.1, 0.15) is 29.8 Å². The number of ketones is 1. The van der Waals surface area contributed by atoms with E-state index in [1.54, 1.807) is 50.6 Å². The largest absolute Gasteiger partial charge is 0.493 e. The first kappa shape index (κ1) is 21.0. The molecule has 28 heavy (non-hydrogen) atoms. The number of methoxy groups -OCH3 is 2. The van der Waals surface area contributed by atoms with Crippen LogP contribution in [0.25, 0.3) is 0 Å². The monoisotopic (exact) mass is 384 g/mol. The minimum Gasteiger partial charge on any atom is -0.493 e. The van der Waals surface area contributed by atoms with Crippen LogP contribution in [0.3, 0.4) is 0 Å². The van der Waals surface area contributed by atoms with E-state index in [0.717, 1.165) is 5.56 Å². The molecule has 0 aliphatic heterocycles. The SMILES string of the molecule is COc1ccc(CNC(=O)CN(C(C)=O)c2ccc(C(C)=O)cc2)cc1OC. The summed E-state index contributed by atoms with van der Waals surface area (Å²) < 4.78 is 10.4. The maximum atomic E-state index is 12.3. The lowest BCUT2D eigenvalue weighted by Gasteiger charge is -2.21. The van der Waals surface area contributed by atoms with Crippen LogP contribution < -0.4 is 19.7 Å². The molecule has 0 bridgehead atoms. The Morgan fingerprint density at radius 1 is 0.929 bits per heavy atom. The van der Waals surface area contributed by atoms with Crippen molar-refractivity contribution in [2.75, 3.05) is 25.7 Å². The van der Waals surface area contributed by atoms with Gasteiger partial charge < -0.3 is 19.7 Å². The lowest BCUT2D eigenvalue weighted by Crippen LogP contribution is -2.39. The van der Waals surface area contributed by atoms with Crippen molar-refractivity contribution in [2.24, 2.45) is 0 Å². The van der Waals surface area contributed by atoms with Crippen LogP contribution in [0.4, 0.5) is 5.69 Å². The molecule has 0 radical (unpaired) electrons. The molecule has 2 aromatic rings. The smallest absolute Gasteiger partial charge is 0.240 e. The summed E-state index contributed by atoms with van der Waals surface area (Å²) in [6.45, 7) is 3.02. The number of carbonyl (C=O) groups is 3. The predicted octanol–water partition coefficient (Wildman–Crippen LogP) is 2.58. The van der Waals surface area contributed by atoms with E-state index in [2.05, 4.69) is 5.32 Å². The molecule has 1 N–H and O–H groups in total. The first-order valence-electron chi connectivity index (χ1n) is 8.72. The van der Waals surface area contributed by atoms with Crippen molar-refractivity contribution in [2.45, 2.75) is 20.4 Å². The van der Waals surface area contributed by atoms with Gasteiger partial charge in [-0.25, -0.2) is 0 Å². The van der Waals surface area contributed by atoms with Crippen molar-refractivity contribution >= 4 is 23.3 Å². The molecule has 0 heterocycles. The van der Waals surface area contributed by atoms with Crippen molar-refractivity contribution in [1.82, 2.24) is 5.32 Å². The molecule has 0 aliphatic carbocycles. The fraction of sp³-hybridized carbons (Fsp3) is 0.286. The highest BCUT2D eigenvalue weighted by Crippen LogP contribution is 2.27. The quantitative estimate of drug-likeness (QED) is 0.707. The molecule has 0 atom stereocenters. The number of hydrogen-bond donors (Lipinski definition) is 1. The molecule has 0 fully saturated rings. The van der Waals surface area contributed by atoms with Gasteiger partial charge >= 0.3 is 0 Å². The van der Waals surface area contributed by atoms with E-state index in [4.69, 9.17) is 9.47 Å². The number of anilines is 1. The lowest BCUT2D eigenvalue weighted by molar-refractivity contribution is -0.123. The Kier molecular flexibility index (Phi) is 7.14. The van der Waals surface area contributed by atoms with Crippen molar-refractivity contribution in [3.8, 4) is 11.5 Å². The zero-order valence-electron chi connectivity index (χ0n) is 16.4. The second kappa shape index (κ2) is 9.55. The molecule has 0 aromatic heterocycles. The second-order valence-corrected chi connectivity index (χ2v) is 6.17. The van der Waals surface area contributed by atoms with Crippen LogP contribution in [0.2, 0.25) is 0 Å². The van der Waals surface area contributed by atoms with Crippen LogP contribution in [-0.4, -0.2) is 38.4 Å². The highest BCUT2D eigenvalue weighted by atomic mass is 16.5. The van der Waals surface area contributed by atoms with E-state index in [1.165, 1.54) is 18.7 Å². The van der Waals surface area contributed by atoms with Crippen LogP contribution in [0.5, 0.6) is 11.5 Å². The molecule has 2 rings (SSSR count). The van der Waals surface area contributed by atoms with Crippen molar-refractivity contribution in [3.05, 3.63) is 53.6 Å². The Balaban J connectivity index is 2.03. The van der Waals surface area contributed by atoms with Crippen LogP contribution in [0.15, 0.2) is 42.5 Å². The number of carbonyl (C=O) groups excluding carboxylic acids is 3. The Morgan fingerprint density at radius 2 is 1.57 bits per heavy atom. The summed E-state index contributed by atoms with van der Waals surface area (Å²) in [5.41, 5.74) is 1.94. The van der Waals surface area contributed by atoms with Crippen molar-refractivity contribution < 1.29 is 23.9 Å². The molecule has 0 aliphatic rings. The van der Waals surface area contributed by atoms with Gasteiger partial charge in [-0.1, -0.05) is 6.07 Å². The average molecular weight is 384 g/mol. The van der Waals surface area contributed by atoms with Crippen molar-refractivity contribution in [3.63, 3.8) is 0 Å². The topological polar surface area (TPSA) is 84.9 Å². The molecule has 0 saturated carbocycles. The van der Waals surface area contributed by atoms with Crippen LogP contribution in [-0.2, 0) is 16.1 Å². The van der Waals surface area contributed by atoms with Gasteiger partial charge in [-0.05, 0) is 48.9 Å². The normalized spacial score (nSPS) is 10.1. The molecule has 0 saturated heterocycles. The first-order valence-corrected chi connectivity index (χ1v) is 8.72. The van der Waals surface area contributed by atoms with Gasteiger partial charge in [0.15, 0.2) is 17.3 Å². The van der Waals surface area contributed by atoms with Crippen molar-refractivity contribution in [1.29, 1.82) is 0 Å². The Labute approximate surface area is 164 Å². The number of ether oxygens (including phenoxy) is 2. The zero-order chi connectivity index (χ0) is 20.7. The number of benzene rings is 2. The fourth-order valence-corrected chi connectivity index (χ4v) is 2.65. The average Bonchev–Trinajstić information content (AvgIpc) is 2.70. The highest BCUT2D eigenvalue weighted by Gasteiger charge is 2.16. The highest BCUT2D eigenvalue weighted by molar-refractivity contribution is 5.98. The molecule has 7 heteroatoms. The van der Waals surface area contributed by atoms with E-state index in [9.17, 15) is 14.4 Å². The summed E-state index contributed by atoms with van der Waals surface area (Å²) in [4.78, 5) is 37.1. The molecule has 2 amide bonds. The maximum Gasteiger partial charge on any atom is 0.240 e. The van der Waals surface area contributed by atoms with Gasteiger partial charge in [-0.2, -0.15) is 0 Å². The second-order valence-electron chi connectivity index (χ2n) is 6.17. The summed E-state index contributed by atoms with van der Waals surface area (Å²) in [6, 6.07) is 11.9. The summed E-state index contributed by atoms with van der Waals surface area (Å²) in [6.07, 6.45) is 0. The van der Waals surface area contributed by atoms with Gasteiger partial charge in [0.2, 0.25) is 11.8 Å². The van der Waals surface area contributed by atoms with Gasteiger partial charge in [0.25, 0.3) is 0 Å². The summed E-state index contributed by atoms with van der Waals surface area (Å²) in [7, 11) is 3.10. The van der Waals surface area contributed by atoms with Gasteiger partial charge in [0.1, 0.15) is 6.54 Å². The third-order valence-electron chi connectivity index (χ3n) is 4.20. The molecular formula is C21H24N2O5. The lowest BCUT2D eigenvalue weighted by atomic mass is 10.1. The summed E-state index contributed by atoms with van der Waals surface area (Å²) in [5.74, 6) is 0.547. The molecule has 0 unspecified atom stereocenters. The Bertz CT molecular complexity index is 862. The molecule has 148 valence electrons. The van der Waals surface area contributed by atoms with Crippen LogP contribution >= 0.6 is 0 Å². The number of rotatable bonds is 8. The van der Waals surface area contributed by atoms with E-state index >= 15 is 0 Å². The van der Waals surface area contributed by atoms with Crippen LogP contribution in [0, 0.1) is 0 Å². The number of Topliss-reactive ketones (excluding diaryl/α,β-unsaturated/α-hetero) is 1. The summed E-state index contributed by atoms with van der Waals surface area (Å²) in [5, 5.41) is 2.79. The number of amides is 2. The van der Waals surface area contributed by atoms with Gasteiger partial charge in [-0.15, -0.1) is 0 Å². The van der Waals surface area contributed by atoms with E-state index < -0.39 is 0 Å². The van der Waals surface area contributed by atoms with E-state index in [-0.39, 0.29) is 30.7 Å². The summed E-state index contributed by atoms with van der Waals surface area (Å²) >= 11 is 0. The minimum atomic E-state index is -0.305. The first-order chi connectivity index (χ1) is 13.3. The third kappa shape index (κ3) is 5.33. The molecule has 7 nitrogen and oxygen atoms in total. The van der Waals surface area contributed by atoms with E-state index in [1.807, 2.05) is 6.07 Å². The van der Waals surface area contributed by atoms with Gasteiger partial charge in [0, 0.05) is 24.7 Å². The fourth-order valence-electron chi connectivity index (χ4n) is 2.65. The van der Waals surface area contributed by atoms with Gasteiger partial charge in [0.05, 0.1) is 14.2 Å². The standard InChI is InChI=1S/C21H24N2O5/c1-14(24)17-6-8-18(9-7-17)23(15(2)25)13-21(26)22-12-16-5-10-19(27-3)20(11-16)28-4/h5-11H,12-13H2,1-4H3,(H,22,26). The Morgan fingerprint density at radius 3 is 2.11 bits per heavy atom. The zero-order valence-corrected chi connectivity index (χ0v) is 16.4. The number of nitrogens with zero attached hydrogens (tertiary/aromatic N) is 1. The molecule has 2 aromatic carbocycles. The third-order valence-corrected chi connectivity index (χ3v) is 4.20. The minimum absolute atomic E-state index is 0.0615.